The molecule has 1 aliphatic heterocycles. The first-order valence-electron chi connectivity index (χ1n) is 8.22. The van der Waals surface area contributed by atoms with Gasteiger partial charge in [-0.25, -0.2) is 0 Å². The monoisotopic (exact) mass is 472 g/mol. The summed E-state index contributed by atoms with van der Waals surface area (Å²) in [6.45, 7) is 0. The van der Waals surface area contributed by atoms with Crippen LogP contribution in [0.2, 0.25) is 5.02 Å². The van der Waals surface area contributed by atoms with E-state index in [1.807, 2.05) is 18.2 Å². The van der Waals surface area contributed by atoms with Crippen molar-refractivity contribution >= 4 is 61.0 Å². The third-order valence-corrected chi connectivity index (χ3v) is 6.37. The molecule has 9 heteroatoms. The van der Waals surface area contributed by atoms with Gasteiger partial charge in [0.1, 0.15) is 4.53 Å². The zero-order valence-electron chi connectivity index (χ0n) is 14.3. The van der Waals surface area contributed by atoms with Crippen molar-refractivity contribution in [3.8, 4) is 11.4 Å². The van der Waals surface area contributed by atoms with Crippen molar-refractivity contribution in [1.82, 2.24) is 14.6 Å². The number of fused-ring (bicyclic) bond motifs is 2. The fraction of sp³-hybridized carbons (Fsp3) is 0.0526. The Bertz CT molecular complexity index is 1390. The van der Waals surface area contributed by atoms with Gasteiger partial charge in [0.25, 0.3) is 11.5 Å². The molecule has 28 heavy (non-hydrogen) atoms. The van der Waals surface area contributed by atoms with Gasteiger partial charge in [-0.05, 0) is 42.5 Å². The topological polar surface area (TPSA) is 67.6 Å². The highest BCUT2D eigenvalue weighted by molar-refractivity contribution is 9.10. The summed E-state index contributed by atoms with van der Waals surface area (Å²) in [4.78, 5) is 32.3. The Morgan fingerprint density at radius 2 is 1.86 bits per heavy atom. The number of benzene rings is 2. The van der Waals surface area contributed by atoms with Crippen LogP contribution in [0.25, 0.3) is 21.9 Å². The first-order valence-corrected chi connectivity index (χ1v) is 10.2. The van der Waals surface area contributed by atoms with Gasteiger partial charge in [0.15, 0.2) is 5.82 Å². The molecule has 0 atom stereocenters. The highest BCUT2D eigenvalue weighted by Gasteiger charge is 2.32. The molecule has 0 unspecified atom stereocenters. The molecular weight excluding hydrogens is 464 g/mol. The van der Waals surface area contributed by atoms with Gasteiger partial charge in [-0.2, -0.15) is 9.50 Å². The largest absolute Gasteiger partial charge is 0.311 e. The number of likely N-dealkylation sites (N-methyl/N-ethyl adjacent to an activating group) is 1. The van der Waals surface area contributed by atoms with Gasteiger partial charge in [-0.1, -0.05) is 38.9 Å². The van der Waals surface area contributed by atoms with Crippen molar-refractivity contribution in [3.05, 3.63) is 72.4 Å². The van der Waals surface area contributed by atoms with E-state index >= 15 is 0 Å². The molecule has 0 saturated carbocycles. The van der Waals surface area contributed by atoms with E-state index in [2.05, 4.69) is 26.0 Å². The summed E-state index contributed by atoms with van der Waals surface area (Å²) in [5.41, 5.74) is 2.29. The maximum absolute atomic E-state index is 13.0. The molecular formula is C19H10BrClN4O2S. The Morgan fingerprint density at radius 1 is 1.11 bits per heavy atom. The standard InChI is InChI=1S/C19H10BrClN4O2S/c1-24-13-7-4-10(20)8-12(13)14(17(24)26)15-18(27)25-19(28-15)22-16(23-25)9-2-5-11(21)6-3-9/h2-8H,1H3. The van der Waals surface area contributed by atoms with Crippen molar-refractivity contribution in [2.24, 2.45) is 0 Å². The van der Waals surface area contributed by atoms with E-state index in [1.165, 1.54) is 15.9 Å². The number of rotatable bonds is 1. The first kappa shape index (κ1) is 17.5. The minimum atomic E-state index is -0.350. The second-order valence-corrected chi connectivity index (χ2v) is 8.60. The summed E-state index contributed by atoms with van der Waals surface area (Å²) in [7, 11) is 1.70. The molecule has 3 heterocycles. The third-order valence-electron chi connectivity index (χ3n) is 4.59. The molecule has 0 spiro atoms. The number of anilines is 1. The SMILES string of the molecule is CN1C(=O)C(=c2sc3nc(-c4ccc(Cl)cc4)nn3c2=O)c2cc(Br)ccc21. The number of hydrogen-bond donors (Lipinski definition) is 0. The van der Waals surface area contributed by atoms with Crippen LogP contribution < -0.4 is 15.0 Å². The molecule has 0 fully saturated rings. The molecule has 0 saturated heterocycles. The maximum Gasteiger partial charge on any atom is 0.291 e. The summed E-state index contributed by atoms with van der Waals surface area (Å²) in [5.74, 6) is 0.224. The zero-order valence-corrected chi connectivity index (χ0v) is 17.5. The van der Waals surface area contributed by atoms with Gasteiger partial charge in [-0.3, -0.25) is 9.59 Å². The lowest BCUT2D eigenvalue weighted by molar-refractivity contribution is -0.112. The maximum atomic E-state index is 13.0. The number of halogens is 2. The van der Waals surface area contributed by atoms with E-state index < -0.39 is 0 Å². The molecule has 0 bridgehead atoms. The number of hydrogen-bond acceptors (Lipinski definition) is 5. The normalized spacial score (nSPS) is 15.5. The molecule has 2 aromatic carbocycles. The summed E-state index contributed by atoms with van der Waals surface area (Å²) in [6.07, 6.45) is 0. The first-order chi connectivity index (χ1) is 13.4. The van der Waals surface area contributed by atoms with Crippen molar-refractivity contribution in [3.63, 3.8) is 0 Å². The molecule has 0 aliphatic carbocycles. The Balaban J connectivity index is 1.75. The smallest absolute Gasteiger partial charge is 0.291 e. The molecule has 6 nitrogen and oxygen atoms in total. The van der Waals surface area contributed by atoms with Crippen LogP contribution in [0.5, 0.6) is 0 Å². The summed E-state index contributed by atoms with van der Waals surface area (Å²) < 4.78 is 2.43. The molecule has 0 radical (unpaired) electrons. The lowest BCUT2D eigenvalue weighted by Gasteiger charge is -2.08. The van der Waals surface area contributed by atoms with E-state index in [-0.39, 0.29) is 11.5 Å². The second-order valence-electron chi connectivity index (χ2n) is 6.27. The highest BCUT2D eigenvalue weighted by Crippen LogP contribution is 2.36. The number of thiazole rings is 1. The summed E-state index contributed by atoms with van der Waals surface area (Å²) in [6, 6.07) is 12.6. The Hall–Kier alpha value is -2.55. The average molecular weight is 474 g/mol. The van der Waals surface area contributed by atoms with Gasteiger partial charge >= 0.3 is 0 Å². The molecule has 4 aromatic rings. The quantitative estimate of drug-likeness (QED) is 0.426. The fourth-order valence-corrected chi connectivity index (χ4v) is 4.70. The number of amides is 1. The minimum absolute atomic E-state index is 0.215. The van der Waals surface area contributed by atoms with E-state index in [0.29, 0.717) is 25.9 Å². The van der Waals surface area contributed by atoms with Gasteiger partial charge in [0.2, 0.25) is 4.96 Å². The van der Waals surface area contributed by atoms with Crippen LogP contribution in [-0.4, -0.2) is 27.6 Å². The number of aromatic nitrogens is 3. The van der Waals surface area contributed by atoms with Gasteiger partial charge in [0, 0.05) is 27.7 Å². The Labute approximate surface area is 175 Å². The lowest BCUT2D eigenvalue weighted by atomic mass is 10.1. The minimum Gasteiger partial charge on any atom is -0.311 e. The third kappa shape index (κ3) is 2.52. The lowest BCUT2D eigenvalue weighted by Crippen LogP contribution is -2.30. The van der Waals surface area contributed by atoms with E-state index in [1.54, 1.807) is 36.2 Å². The number of carbonyl (C=O) groups excluding carboxylic acids is 1. The van der Waals surface area contributed by atoms with Crippen LogP contribution in [0, 0.1) is 0 Å². The van der Waals surface area contributed by atoms with Crippen LogP contribution in [-0.2, 0) is 4.79 Å². The van der Waals surface area contributed by atoms with E-state index in [4.69, 9.17) is 11.6 Å². The van der Waals surface area contributed by atoms with Crippen LogP contribution in [0.1, 0.15) is 5.56 Å². The van der Waals surface area contributed by atoms with Crippen molar-refractivity contribution in [1.29, 1.82) is 0 Å². The van der Waals surface area contributed by atoms with Crippen molar-refractivity contribution in [2.75, 3.05) is 11.9 Å². The molecule has 2 aromatic heterocycles. The van der Waals surface area contributed by atoms with Crippen LogP contribution >= 0.6 is 38.9 Å². The van der Waals surface area contributed by atoms with E-state index in [9.17, 15) is 9.59 Å². The van der Waals surface area contributed by atoms with Gasteiger partial charge < -0.3 is 4.90 Å². The molecule has 138 valence electrons. The predicted molar refractivity (Wildman–Crippen MR) is 113 cm³/mol. The molecule has 1 amide bonds. The van der Waals surface area contributed by atoms with Crippen LogP contribution in [0.3, 0.4) is 0 Å². The predicted octanol–water partition coefficient (Wildman–Crippen LogP) is 3.13. The summed E-state index contributed by atoms with van der Waals surface area (Å²) in [5, 5.41) is 4.95. The zero-order chi connectivity index (χ0) is 19.6. The number of nitrogens with zero attached hydrogens (tertiary/aromatic N) is 4. The van der Waals surface area contributed by atoms with E-state index in [0.717, 1.165) is 21.3 Å². The fourth-order valence-electron chi connectivity index (χ4n) is 3.22. The second kappa shape index (κ2) is 6.23. The molecule has 1 aliphatic rings. The van der Waals surface area contributed by atoms with Crippen LogP contribution in [0.4, 0.5) is 5.69 Å². The van der Waals surface area contributed by atoms with Crippen LogP contribution in [0.15, 0.2) is 51.7 Å². The average Bonchev–Trinajstić information content (AvgIpc) is 3.29. The highest BCUT2D eigenvalue weighted by atomic mass is 79.9. The van der Waals surface area contributed by atoms with Crippen molar-refractivity contribution in [2.45, 2.75) is 0 Å². The van der Waals surface area contributed by atoms with Gasteiger partial charge in [0.05, 0.1) is 11.3 Å². The van der Waals surface area contributed by atoms with Gasteiger partial charge in [-0.15, -0.1) is 5.10 Å². The Kier molecular flexibility index (Phi) is 3.90. The number of carbonyl (C=O) groups is 1. The van der Waals surface area contributed by atoms with Crippen molar-refractivity contribution < 1.29 is 4.79 Å². The summed E-state index contributed by atoms with van der Waals surface area (Å²) >= 11 is 10.5. The molecule has 5 rings (SSSR count). The Morgan fingerprint density at radius 3 is 2.57 bits per heavy atom. The molecule has 0 N–H and O–H groups in total.